The summed E-state index contributed by atoms with van der Waals surface area (Å²) in [7, 11) is 0. The molecule has 50 heavy (non-hydrogen) atoms. The number of carbonyl (C=O) groups excluding carboxylic acids is 1. The summed E-state index contributed by atoms with van der Waals surface area (Å²) >= 11 is 0. The molecule has 0 aromatic carbocycles. The summed E-state index contributed by atoms with van der Waals surface area (Å²) in [6.45, 7) is 4.13. The smallest absolute Gasteiger partial charge is 0.249 e. The molecule has 292 valence electrons. The quantitative estimate of drug-likeness (QED) is 0.0293. The molecule has 0 fully saturated rings. The van der Waals surface area contributed by atoms with Gasteiger partial charge in [0, 0.05) is 0 Å². The summed E-state index contributed by atoms with van der Waals surface area (Å²) in [4.78, 5) is 12.4. The highest BCUT2D eigenvalue weighted by Crippen LogP contribution is 2.15. The van der Waals surface area contributed by atoms with Crippen LogP contribution >= 0.6 is 0 Å². The van der Waals surface area contributed by atoms with Crippen LogP contribution in [0, 0.1) is 0 Å². The maximum atomic E-state index is 12.4. The van der Waals surface area contributed by atoms with Crippen LogP contribution in [0.2, 0.25) is 0 Å². The Kier molecular flexibility index (Phi) is 38.7. The van der Waals surface area contributed by atoms with Gasteiger partial charge in [-0.25, -0.2) is 0 Å². The number of amides is 1. The number of carbonyl (C=O) groups is 1. The molecule has 0 aromatic heterocycles. The van der Waals surface area contributed by atoms with Crippen LogP contribution in [0.4, 0.5) is 0 Å². The van der Waals surface area contributed by atoms with Gasteiger partial charge >= 0.3 is 0 Å². The van der Waals surface area contributed by atoms with Crippen molar-refractivity contribution >= 4 is 5.91 Å². The predicted octanol–water partition coefficient (Wildman–Crippen LogP) is 12.2. The fourth-order valence-electron chi connectivity index (χ4n) is 6.25. The molecule has 3 atom stereocenters. The molecule has 0 radical (unpaired) electrons. The van der Waals surface area contributed by atoms with Crippen molar-refractivity contribution in [2.75, 3.05) is 6.61 Å². The zero-order valence-electron chi connectivity index (χ0n) is 33.0. The second kappa shape index (κ2) is 40.1. The number of rotatable bonds is 38. The standard InChI is InChI=1S/C45H83NO4/c1-3-5-7-9-11-13-15-17-19-20-21-22-23-24-25-26-28-29-31-33-35-37-39-43(48)42(41-47)46-45(50)44(49)40-38-36-34-32-30-27-18-16-14-12-10-8-6-4-2/h12,14,16,18,29,31,37,39,42-44,47-49H,3-11,13,15,17,19-28,30,32-36,38,40-41H2,1-2H3,(H,46,50)/b14-12-,18-16-,31-29+,39-37+. The van der Waals surface area contributed by atoms with Gasteiger partial charge in [0.05, 0.1) is 18.8 Å². The molecule has 4 N–H and O–H groups in total. The second-order valence-corrected chi connectivity index (χ2v) is 14.6. The van der Waals surface area contributed by atoms with Crippen LogP contribution < -0.4 is 5.32 Å². The fraction of sp³-hybridized carbons (Fsp3) is 0.800. The molecule has 5 nitrogen and oxygen atoms in total. The highest BCUT2D eigenvalue weighted by atomic mass is 16.3. The van der Waals surface area contributed by atoms with Crippen LogP contribution in [-0.2, 0) is 4.79 Å². The maximum absolute atomic E-state index is 12.4. The van der Waals surface area contributed by atoms with E-state index in [1.54, 1.807) is 6.08 Å². The molecule has 3 unspecified atom stereocenters. The van der Waals surface area contributed by atoms with Gasteiger partial charge < -0.3 is 20.6 Å². The molecule has 0 aromatic rings. The molecule has 0 saturated carbocycles. The summed E-state index contributed by atoms with van der Waals surface area (Å²) in [6, 6.07) is -0.821. The molecule has 0 rings (SSSR count). The predicted molar refractivity (Wildman–Crippen MR) is 217 cm³/mol. The van der Waals surface area contributed by atoms with Crippen molar-refractivity contribution in [3.8, 4) is 0 Å². The average molecular weight is 702 g/mol. The first kappa shape index (κ1) is 48.3. The Morgan fingerprint density at radius 2 is 0.880 bits per heavy atom. The minimum atomic E-state index is -1.12. The van der Waals surface area contributed by atoms with E-state index in [4.69, 9.17) is 0 Å². The van der Waals surface area contributed by atoms with Crippen molar-refractivity contribution in [1.82, 2.24) is 5.32 Å². The van der Waals surface area contributed by atoms with Crippen molar-refractivity contribution in [2.24, 2.45) is 0 Å². The molecule has 0 aliphatic heterocycles. The van der Waals surface area contributed by atoms with Gasteiger partial charge in [0.25, 0.3) is 0 Å². The van der Waals surface area contributed by atoms with E-state index in [9.17, 15) is 20.1 Å². The monoisotopic (exact) mass is 702 g/mol. The first-order chi connectivity index (χ1) is 24.6. The van der Waals surface area contributed by atoms with Gasteiger partial charge in [-0.2, -0.15) is 0 Å². The molecular formula is C45H83NO4. The number of nitrogens with one attached hydrogen (secondary N) is 1. The number of unbranched alkanes of at least 4 members (excludes halogenated alkanes) is 25. The Labute approximate surface area is 310 Å². The molecule has 5 heteroatoms. The largest absolute Gasteiger partial charge is 0.394 e. The lowest BCUT2D eigenvalue weighted by Gasteiger charge is -2.21. The van der Waals surface area contributed by atoms with E-state index in [0.29, 0.717) is 6.42 Å². The zero-order valence-corrected chi connectivity index (χ0v) is 33.0. The van der Waals surface area contributed by atoms with Gasteiger partial charge in [0.2, 0.25) is 5.91 Å². The van der Waals surface area contributed by atoms with Crippen LogP contribution in [-0.4, -0.2) is 46.1 Å². The summed E-state index contributed by atoms with van der Waals surface area (Å²) < 4.78 is 0. The van der Waals surface area contributed by atoms with Crippen molar-refractivity contribution in [3.63, 3.8) is 0 Å². The highest BCUT2D eigenvalue weighted by molar-refractivity contribution is 5.80. The number of hydrogen-bond donors (Lipinski definition) is 4. The SMILES string of the molecule is CCCCC/C=C\C=C/CCCCCCCC(O)C(=O)NC(CO)C(O)/C=C/CC/C=C/CCCCCCCCCCCCCCCCCC. The number of aliphatic hydroxyl groups excluding tert-OH is 3. The molecular weight excluding hydrogens is 618 g/mol. The van der Waals surface area contributed by atoms with Crippen molar-refractivity contribution in [2.45, 2.75) is 225 Å². The Morgan fingerprint density at radius 1 is 0.500 bits per heavy atom. The van der Waals surface area contributed by atoms with Gasteiger partial charge in [-0.3, -0.25) is 4.79 Å². The van der Waals surface area contributed by atoms with Gasteiger partial charge in [0.15, 0.2) is 0 Å². The van der Waals surface area contributed by atoms with Crippen LogP contribution in [0.5, 0.6) is 0 Å². The number of aliphatic hydroxyl groups is 3. The molecule has 0 aliphatic rings. The van der Waals surface area contributed by atoms with Crippen LogP contribution in [0.25, 0.3) is 0 Å². The normalized spacial score (nSPS) is 14.1. The van der Waals surface area contributed by atoms with E-state index in [2.05, 4.69) is 55.6 Å². The third-order valence-corrected chi connectivity index (χ3v) is 9.67. The summed E-state index contributed by atoms with van der Waals surface area (Å²) in [5.41, 5.74) is 0. The molecule has 0 saturated heterocycles. The van der Waals surface area contributed by atoms with E-state index in [1.165, 1.54) is 122 Å². The fourth-order valence-corrected chi connectivity index (χ4v) is 6.25. The minimum Gasteiger partial charge on any atom is -0.394 e. The molecule has 0 aliphatic carbocycles. The van der Waals surface area contributed by atoms with Crippen LogP contribution in [0.1, 0.15) is 206 Å². The lowest BCUT2D eigenvalue weighted by Crippen LogP contribution is -2.48. The van der Waals surface area contributed by atoms with E-state index in [0.717, 1.165) is 64.2 Å². The van der Waals surface area contributed by atoms with Crippen molar-refractivity contribution < 1.29 is 20.1 Å². The Balaban J connectivity index is 3.74. The third-order valence-electron chi connectivity index (χ3n) is 9.67. The van der Waals surface area contributed by atoms with E-state index >= 15 is 0 Å². The van der Waals surface area contributed by atoms with E-state index in [-0.39, 0.29) is 6.61 Å². The molecule has 0 bridgehead atoms. The van der Waals surface area contributed by atoms with Gasteiger partial charge in [-0.15, -0.1) is 0 Å². The average Bonchev–Trinajstić information content (AvgIpc) is 3.12. The first-order valence-corrected chi connectivity index (χ1v) is 21.5. The Morgan fingerprint density at radius 3 is 1.38 bits per heavy atom. The van der Waals surface area contributed by atoms with Crippen molar-refractivity contribution in [3.05, 3.63) is 48.6 Å². The third kappa shape index (κ3) is 34.7. The first-order valence-electron chi connectivity index (χ1n) is 21.5. The lowest BCUT2D eigenvalue weighted by atomic mass is 10.0. The topological polar surface area (TPSA) is 89.8 Å². The van der Waals surface area contributed by atoms with Gasteiger partial charge in [0.1, 0.15) is 6.10 Å². The Hall–Kier alpha value is -1.69. The lowest BCUT2D eigenvalue weighted by molar-refractivity contribution is -0.131. The highest BCUT2D eigenvalue weighted by Gasteiger charge is 2.22. The summed E-state index contributed by atoms with van der Waals surface area (Å²) in [5.74, 6) is -0.526. The zero-order chi connectivity index (χ0) is 36.6. The van der Waals surface area contributed by atoms with Crippen LogP contribution in [0.15, 0.2) is 48.6 Å². The van der Waals surface area contributed by atoms with Gasteiger partial charge in [-0.1, -0.05) is 197 Å². The summed E-state index contributed by atoms with van der Waals surface area (Å²) in [5, 5.41) is 33.0. The summed E-state index contributed by atoms with van der Waals surface area (Å²) in [6.07, 6.45) is 51.4. The molecule has 0 spiro atoms. The number of hydrogen-bond acceptors (Lipinski definition) is 4. The van der Waals surface area contributed by atoms with Crippen LogP contribution in [0.3, 0.4) is 0 Å². The Bertz CT molecular complexity index is 820. The maximum Gasteiger partial charge on any atom is 0.249 e. The van der Waals surface area contributed by atoms with E-state index in [1.807, 2.05) is 6.08 Å². The second-order valence-electron chi connectivity index (χ2n) is 14.6. The van der Waals surface area contributed by atoms with Gasteiger partial charge in [-0.05, 0) is 57.8 Å². The minimum absolute atomic E-state index is 0.383. The molecule has 1 amide bonds. The number of allylic oxidation sites excluding steroid dienone is 7. The molecule has 0 heterocycles. The van der Waals surface area contributed by atoms with E-state index < -0.39 is 24.2 Å². The van der Waals surface area contributed by atoms with Crippen molar-refractivity contribution in [1.29, 1.82) is 0 Å².